The van der Waals surface area contributed by atoms with Crippen molar-refractivity contribution in [3.8, 4) is 22.6 Å². The van der Waals surface area contributed by atoms with E-state index in [4.69, 9.17) is 29.9 Å². The number of ketones is 1. The lowest BCUT2D eigenvalue weighted by Gasteiger charge is -2.09. The Bertz CT molecular complexity index is 1700. The summed E-state index contributed by atoms with van der Waals surface area (Å²) in [7, 11) is 1.49. The third-order valence-corrected chi connectivity index (χ3v) is 5.74. The second-order valence-corrected chi connectivity index (χ2v) is 8.12. The van der Waals surface area contributed by atoms with Gasteiger partial charge in [-0.05, 0) is 48.5 Å². The van der Waals surface area contributed by atoms with Crippen molar-refractivity contribution in [2.75, 3.05) is 13.7 Å². The second-order valence-electron chi connectivity index (χ2n) is 7.68. The topological polar surface area (TPSA) is 96.0 Å². The molecule has 5 aromatic rings. The molecule has 0 radical (unpaired) electrons. The fourth-order valence-electron chi connectivity index (χ4n) is 3.79. The molecule has 2 heterocycles. The second kappa shape index (κ2) is 9.12. The van der Waals surface area contributed by atoms with Gasteiger partial charge in [-0.2, -0.15) is 0 Å². The van der Waals surface area contributed by atoms with Gasteiger partial charge in [0.05, 0.1) is 12.7 Å². The van der Waals surface area contributed by atoms with Crippen molar-refractivity contribution >= 4 is 39.3 Å². The maximum atomic E-state index is 12.8. The molecule has 35 heavy (non-hydrogen) atoms. The van der Waals surface area contributed by atoms with Crippen molar-refractivity contribution in [2.24, 2.45) is 0 Å². The molecule has 0 saturated carbocycles. The zero-order valence-electron chi connectivity index (χ0n) is 18.4. The summed E-state index contributed by atoms with van der Waals surface area (Å²) in [4.78, 5) is 37.5. The number of hydrogen-bond donors (Lipinski definition) is 0. The van der Waals surface area contributed by atoms with Crippen molar-refractivity contribution in [3.63, 3.8) is 0 Å². The van der Waals surface area contributed by atoms with E-state index in [0.29, 0.717) is 44.0 Å². The Hall–Kier alpha value is -4.36. The summed E-state index contributed by atoms with van der Waals surface area (Å²) in [6, 6.07) is 19.4. The maximum Gasteiger partial charge on any atom is 0.344 e. The van der Waals surface area contributed by atoms with E-state index in [1.165, 1.54) is 19.2 Å². The lowest BCUT2D eigenvalue weighted by Crippen LogP contribution is -2.11. The van der Waals surface area contributed by atoms with Gasteiger partial charge in [-0.1, -0.05) is 23.7 Å². The number of halogens is 1. The van der Waals surface area contributed by atoms with Crippen LogP contribution in [0.5, 0.6) is 11.5 Å². The summed E-state index contributed by atoms with van der Waals surface area (Å²) in [5, 5.41) is 1.68. The number of para-hydroxylation sites is 1. The van der Waals surface area contributed by atoms with E-state index in [1.54, 1.807) is 60.7 Å². The van der Waals surface area contributed by atoms with Gasteiger partial charge >= 0.3 is 11.3 Å². The fourth-order valence-corrected chi connectivity index (χ4v) is 3.92. The van der Waals surface area contributed by atoms with Gasteiger partial charge in [0.2, 0.25) is 0 Å². The molecule has 0 atom stereocenters. The molecule has 0 spiro atoms. The summed E-state index contributed by atoms with van der Waals surface area (Å²) in [5.41, 5.74) is 0.276. The summed E-state index contributed by atoms with van der Waals surface area (Å²) in [6.45, 7) is -0.215. The fraction of sp³-hybridized carbons (Fsp3) is 0.0741. The largest absolute Gasteiger partial charge is 0.493 e. The number of methoxy groups -OCH3 is 1. The predicted octanol–water partition coefficient (Wildman–Crippen LogP) is 5.49. The molecule has 0 N–H and O–H groups in total. The lowest BCUT2D eigenvalue weighted by atomic mass is 10.0. The van der Waals surface area contributed by atoms with Crippen molar-refractivity contribution in [2.45, 2.75) is 0 Å². The number of carbonyl (C=O) groups is 1. The van der Waals surface area contributed by atoms with Crippen LogP contribution in [0.3, 0.4) is 0 Å². The number of benzene rings is 3. The number of rotatable bonds is 6. The minimum atomic E-state index is -0.646. The van der Waals surface area contributed by atoms with Gasteiger partial charge in [0.15, 0.2) is 23.7 Å². The van der Waals surface area contributed by atoms with Gasteiger partial charge in [-0.15, -0.1) is 0 Å². The quantitative estimate of drug-likeness (QED) is 0.230. The van der Waals surface area contributed by atoms with Gasteiger partial charge in [-0.25, -0.2) is 9.59 Å². The maximum absolute atomic E-state index is 12.8. The van der Waals surface area contributed by atoms with Crippen LogP contribution in [0.25, 0.3) is 33.1 Å². The van der Waals surface area contributed by atoms with Crippen LogP contribution in [0.4, 0.5) is 0 Å². The number of fused-ring (bicyclic) bond motifs is 2. The molecule has 7 nitrogen and oxygen atoms in total. The SMILES string of the molecule is COc1cccc2cc(-c3cc(=O)oc4cc(OCC(=O)c5ccc(Cl)cc5)ccc34)c(=O)oc12. The van der Waals surface area contributed by atoms with Crippen LogP contribution in [0, 0.1) is 0 Å². The van der Waals surface area contributed by atoms with Crippen molar-refractivity contribution < 1.29 is 23.1 Å². The molecule has 0 aliphatic carbocycles. The highest BCUT2D eigenvalue weighted by atomic mass is 35.5. The molecular weight excluding hydrogens is 472 g/mol. The van der Waals surface area contributed by atoms with Crippen molar-refractivity contribution in [1.82, 2.24) is 0 Å². The average molecular weight is 489 g/mol. The number of carbonyl (C=O) groups excluding carboxylic acids is 1. The van der Waals surface area contributed by atoms with E-state index in [0.717, 1.165) is 0 Å². The first-order valence-electron chi connectivity index (χ1n) is 10.5. The highest BCUT2D eigenvalue weighted by Crippen LogP contribution is 2.31. The van der Waals surface area contributed by atoms with Gasteiger partial charge < -0.3 is 18.3 Å². The molecule has 0 unspecified atom stereocenters. The summed E-state index contributed by atoms with van der Waals surface area (Å²) >= 11 is 5.86. The van der Waals surface area contributed by atoms with Crippen LogP contribution in [-0.4, -0.2) is 19.5 Å². The van der Waals surface area contributed by atoms with E-state index < -0.39 is 11.3 Å². The van der Waals surface area contributed by atoms with Crippen LogP contribution in [0.2, 0.25) is 5.02 Å². The summed E-state index contributed by atoms with van der Waals surface area (Å²) in [6.07, 6.45) is 0. The Morgan fingerprint density at radius 2 is 1.71 bits per heavy atom. The molecule has 3 aromatic carbocycles. The smallest absolute Gasteiger partial charge is 0.344 e. The third kappa shape index (κ3) is 4.41. The normalized spacial score (nSPS) is 11.0. The van der Waals surface area contributed by atoms with Crippen LogP contribution < -0.4 is 20.7 Å². The van der Waals surface area contributed by atoms with Crippen molar-refractivity contribution in [3.05, 3.63) is 104 Å². The van der Waals surface area contributed by atoms with Crippen LogP contribution in [0.1, 0.15) is 10.4 Å². The number of Topliss-reactive ketones (excluding diaryl/α,β-unsaturated/α-hetero) is 1. The monoisotopic (exact) mass is 488 g/mol. The molecule has 0 aliphatic heterocycles. The van der Waals surface area contributed by atoms with Gasteiger partial charge in [0, 0.05) is 39.1 Å². The molecule has 174 valence electrons. The number of hydrogen-bond acceptors (Lipinski definition) is 7. The standard InChI is InChI=1S/C27H17ClO7/c1-32-23-4-2-3-16-11-21(27(31)35-26(16)23)20-13-25(30)34-24-12-18(9-10-19(20)24)33-14-22(29)15-5-7-17(28)8-6-15/h2-13H,14H2,1H3. The first kappa shape index (κ1) is 22.4. The van der Waals surface area contributed by atoms with E-state index in [-0.39, 0.29) is 23.5 Å². The molecule has 0 amide bonds. The van der Waals surface area contributed by atoms with Gasteiger partial charge in [-0.3, -0.25) is 4.79 Å². The predicted molar refractivity (Wildman–Crippen MR) is 132 cm³/mol. The molecule has 0 saturated heterocycles. The minimum Gasteiger partial charge on any atom is -0.493 e. The molecule has 0 bridgehead atoms. The van der Waals surface area contributed by atoms with Crippen LogP contribution in [-0.2, 0) is 0 Å². The van der Waals surface area contributed by atoms with E-state index in [1.807, 2.05) is 0 Å². The first-order chi connectivity index (χ1) is 16.9. The molecule has 0 fully saturated rings. The zero-order chi connectivity index (χ0) is 24.5. The van der Waals surface area contributed by atoms with Crippen LogP contribution in [0.15, 0.2) is 91.2 Å². The van der Waals surface area contributed by atoms with Crippen LogP contribution >= 0.6 is 11.6 Å². The van der Waals surface area contributed by atoms with Crippen molar-refractivity contribution in [1.29, 1.82) is 0 Å². The Balaban J connectivity index is 1.51. The Kier molecular flexibility index (Phi) is 5.84. The highest BCUT2D eigenvalue weighted by Gasteiger charge is 2.16. The molecule has 2 aromatic heterocycles. The third-order valence-electron chi connectivity index (χ3n) is 5.49. The van der Waals surface area contributed by atoms with Gasteiger partial charge in [0.25, 0.3) is 0 Å². The molecule has 0 aliphatic rings. The van der Waals surface area contributed by atoms with Gasteiger partial charge in [0.1, 0.15) is 11.3 Å². The van der Waals surface area contributed by atoms with E-state index >= 15 is 0 Å². The molecule has 8 heteroatoms. The number of ether oxygens (including phenoxy) is 2. The molecule has 5 rings (SSSR count). The molecular formula is C27H17ClO7. The summed E-state index contributed by atoms with van der Waals surface area (Å²) in [5.74, 6) is 0.523. The summed E-state index contributed by atoms with van der Waals surface area (Å²) < 4.78 is 21.7. The Morgan fingerprint density at radius 1 is 0.914 bits per heavy atom. The van der Waals surface area contributed by atoms with E-state index in [9.17, 15) is 14.4 Å². The Labute approximate surface area is 203 Å². The lowest BCUT2D eigenvalue weighted by molar-refractivity contribution is 0.0921. The minimum absolute atomic E-state index is 0.203. The highest BCUT2D eigenvalue weighted by molar-refractivity contribution is 6.30. The Morgan fingerprint density at radius 3 is 2.49 bits per heavy atom. The first-order valence-corrected chi connectivity index (χ1v) is 10.9. The average Bonchev–Trinajstić information content (AvgIpc) is 2.86. The van der Waals surface area contributed by atoms with E-state index in [2.05, 4.69) is 0 Å². The zero-order valence-corrected chi connectivity index (χ0v) is 19.1.